The third-order valence-corrected chi connectivity index (χ3v) is 7.67. The first-order valence-electron chi connectivity index (χ1n) is 12.8. The van der Waals surface area contributed by atoms with Crippen LogP contribution in [0.5, 0.6) is 0 Å². The van der Waals surface area contributed by atoms with Crippen molar-refractivity contribution >= 4 is 22.7 Å². The summed E-state index contributed by atoms with van der Waals surface area (Å²) < 4.78 is 14.7. The van der Waals surface area contributed by atoms with Crippen molar-refractivity contribution in [3.63, 3.8) is 0 Å². The zero-order valence-electron chi connectivity index (χ0n) is 19.9. The molecular formula is C28H31FN4O2. The van der Waals surface area contributed by atoms with Crippen LogP contribution in [-0.2, 0) is 13.0 Å². The molecule has 1 saturated heterocycles. The van der Waals surface area contributed by atoms with E-state index in [9.17, 15) is 14.0 Å². The zero-order chi connectivity index (χ0) is 23.9. The predicted molar refractivity (Wildman–Crippen MR) is 133 cm³/mol. The number of benzene rings is 2. The Morgan fingerprint density at radius 1 is 1.03 bits per heavy atom. The van der Waals surface area contributed by atoms with E-state index >= 15 is 0 Å². The molecule has 7 heteroatoms. The van der Waals surface area contributed by atoms with Crippen molar-refractivity contribution < 1.29 is 14.0 Å². The fourth-order valence-corrected chi connectivity index (χ4v) is 5.46. The van der Waals surface area contributed by atoms with E-state index in [0.717, 1.165) is 50.0 Å². The lowest BCUT2D eigenvalue weighted by Gasteiger charge is -2.29. The van der Waals surface area contributed by atoms with Crippen LogP contribution in [0.4, 0.5) is 4.39 Å². The molecule has 3 aliphatic rings. The van der Waals surface area contributed by atoms with Crippen molar-refractivity contribution in [1.82, 2.24) is 20.1 Å². The molecule has 0 unspecified atom stereocenters. The molecule has 1 saturated carbocycles. The quantitative estimate of drug-likeness (QED) is 0.563. The molecular weight excluding hydrogens is 443 g/mol. The Morgan fingerprint density at radius 3 is 2.66 bits per heavy atom. The third-order valence-electron chi connectivity index (χ3n) is 7.67. The molecule has 0 spiro atoms. The van der Waals surface area contributed by atoms with Crippen molar-refractivity contribution in [2.24, 2.45) is 0 Å². The summed E-state index contributed by atoms with van der Waals surface area (Å²) in [5.41, 5.74) is 4.88. The molecule has 3 aromatic rings. The van der Waals surface area contributed by atoms with E-state index in [0.29, 0.717) is 47.7 Å². The van der Waals surface area contributed by atoms with E-state index < -0.39 is 0 Å². The summed E-state index contributed by atoms with van der Waals surface area (Å²) in [5, 5.41) is 3.49. The zero-order valence-corrected chi connectivity index (χ0v) is 19.9. The Labute approximate surface area is 204 Å². The number of carbonyl (C=O) groups is 2. The van der Waals surface area contributed by atoms with E-state index in [4.69, 9.17) is 0 Å². The number of halogens is 1. The molecule has 0 bridgehead atoms. The number of nitrogens with one attached hydrogen (secondary N) is 2. The number of rotatable bonds is 6. The van der Waals surface area contributed by atoms with Crippen molar-refractivity contribution in [3.05, 3.63) is 70.2 Å². The lowest BCUT2D eigenvalue weighted by atomic mass is 9.97. The second-order valence-corrected chi connectivity index (χ2v) is 10.2. The maximum absolute atomic E-state index is 14.7. The van der Waals surface area contributed by atoms with Crippen LogP contribution in [-0.4, -0.2) is 59.3 Å². The van der Waals surface area contributed by atoms with Gasteiger partial charge in [-0.2, -0.15) is 0 Å². The van der Waals surface area contributed by atoms with E-state index in [-0.39, 0.29) is 17.6 Å². The molecule has 1 aromatic heterocycles. The van der Waals surface area contributed by atoms with Gasteiger partial charge < -0.3 is 20.1 Å². The van der Waals surface area contributed by atoms with Crippen LogP contribution < -0.4 is 5.32 Å². The van der Waals surface area contributed by atoms with Crippen molar-refractivity contribution in [2.45, 2.75) is 44.6 Å². The van der Waals surface area contributed by atoms with Gasteiger partial charge in [-0.25, -0.2) is 4.39 Å². The maximum atomic E-state index is 14.7. The molecule has 6 rings (SSSR count). The number of H-pyrrole nitrogens is 1. The summed E-state index contributed by atoms with van der Waals surface area (Å²) in [7, 11) is 0. The third kappa shape index (κ3) is 4.57. The molecule has 2 N–H and O–H groups in total. The molecule has 2 fully saturated rings. The summed E-state index contributed by atoms with van der Waals surface area (Å²) in [6.07, 6.45) is 5.41. The van der Waals surface area contributed by atoms with Gasteiger partial charge in [-0.1, -0.05) is 6.07 Å². The van der Waals surface area contributed by atoms with Crippen molar-refractivity contribution in [1.29, 1.82) is 0 Å². The lowest BCUT2D eigenvalue weighted by molar-refractivity contribution is 0.0729. The summed E-state index contributed by atoms with van der Waals surface area (Å²) in [6.45, 7) is 4.78. The first-order chi connectivity index (χ1) is 17.0. The van der Waals surface area contributed by atoms with Gasteiger partial charge in [0.1, 0.15) is 11.5 Å². The first-order valence-corrected chi connectivity index (χ1v) is 12.8. The Kier molecular flexibility index (Phi) is 5.80. The molecule has 35 heavy (non-hydrogen) atoms. The number of carbonyl (C=O) groups excluding carboxylic acids is 2. The van der Waals surface area contributed by atoms with Crippen molar-refractivity contribution in [2.75, 3.05) is 32.7 Å². The summed E-state index contributed by atoms with van der Waals surface area (Å²) in [5.74, 6) is -0.0432. The predicted octanol–water partition coefficient (Wildman–Crippen LogP) is 4.21. The minimum Gasteiger partial charge on any atom is -0.351 e. The number of aromatic amines is 1. The highest BCUT2D eigenvalue weighted by Gasteiger charge is 2.27. The van der Waals surface area contributed by atoms with Gasteiger partial charge in [-0.3, -0.25) is 9.59 Å². The summed E-state index contributed by atoms with van der Waals surface area (Å²) >= 11 is 0. The molecule has 182 valence electrons. The van der Waals surface area contributed by atoms with Crippen LogP contribution in [0.25, 0.3) is 10.9 Å². The van der Waals surface area contributed by atoms with E-state index in [1.165, 1.54) is 18.4 Å². The minimum absolute atomic E-state index is 0.0759. The standard InChI is InChI=1S/C28H31FN4O2/c29-24-14-21(18-3-4-18)15-25-23(24)16-26(31-25)28(35)33-11-7-19-5-6-20(13-22(19)17-33)27(34)30-8-12-32-9-1-2-10-32/h5-6,13-16,18,31H,1-4,7-12,17H2,(H,30,34). The first kappa shape index (κ1) is 22.3. The van der Waals surface area contributed by atoms with Gasteiger partial charge in [-0.15, -0.1) is 0 Å². The number of hydrogen-bond donors (Lipinski definition) is 2. The average Bonchev–Trinajstić information content (AvgIpc) is 3.41. The number of aromatic nitrogens is 1. The fraction of sp³-hybridized carbons (Fsp3) is 0.429. The van der Waals surface area contributed by atoms with Gasteiger partial charge in [-0.05, 0) is 98.1 Å². The topological polar surface area (TPSA) is 68.4 Å². The number of fused-ring (bicyclic) bond motifs is 2. The second kappa shape index (κ2) is 9.11. The van der Waals surface area contributed by atoms with Gasteiger partial charge in [0.15, 0.2) is 0 Å². The molecule has 2 aliphatic heterocycles. The van der Waals surface area contributed by atoms with Gasteiger partial charge in [0, 0.05) is 42.6 Å². The monoisotopic (exact) mass is 474 g/mol. The highest BCUT2D eigenvalue weighted by atomic mass is 19.1. The van der Waals surface area contributed by atoms with Crippen LogP contribution in [0.15, 0.2) is 36.4 Å². The molecule has 6 nitrogen and oxygen atoms in total. The maximum Gasteiger partial charge on any atom is 0.270 e. The average molecular weight is 475 g/mol. The Balaban J connectivity index is 1.14. The number of likely N-dealkylation sites (tertiary alicyclic amines) is 1. The van der Waals surface area contributed by atoms with Gasteiger partial charge in [0.05, 0.1) is 0 Å². The van der Waals surface area contributed by atoms with Crippen LogP contribution in [0, 0.1) is 5.82 Å². The molecule has 0 atom stereocenters. The Hall–Kier alpha value is -3.19. The minimum atomic E-state index is -0.274. The number of amides is 2. The van der Waals surface area contributed by atoms with Gasteiger partial charge >= 0.3 is 0 Å². The highest BCUT2D eigenvalue weighted by Crippen LogP contribution is 2.41. The Bertz CT molecular complexity index is 1290. The highest BCUT2D eigenvalue weighted by molar-refractivity contribution is 5.98. The summed E-state index contributed by atoms with van der Waals surface area (Å²) in [4.78, 5) is 33.3. The van der Waals surface area contributed by atoms with Crippen LogP contribution in [0.2, 0.25) is 0 Å². The Morgan fingerprint density at radius 2 is 1.86 bits per heavy atom. The molecule has 3 heterocycles. The van der Waals surface area contributed by atoms with Gasteiger partial charge in [0.25, 0.3) is 11.8 Å². The largest absolute Gasteiger partial charge is 0.351 e. The molecule has 2 amide bonds. The second-order valence-electron chi connectivity index (χ2n) is 10.2. The summed E-state index contributed by atoms with van der Waals surface area (Å²) in [6, 6.07) is 11.0. The number of hydrogen-bond acceptors (Lipinski definition) is 3. The molecule has 0 radical (unpaired) electrons. The normalized spacial score (nSPS) is 18.1. The number of nitrogens with zero attached hydrogens (tertiary/aromatic N) is 2. The van der Waals surface area contributed by atoms with E-state index in [1.807, 2.05) is 24.3 Å². The van der Waals surface area contributed by atoms with E-state index in [1.54, 1.807) is 17.0 Å². The van der Waals surface area contributed by atoms with Crippen molar-refractivity contribution in [3.8, 4) is 0 Å². The van der Waals surface area contributed by atoms with Gasteiger partial charge in [0.2, 0.25) is 0 Å². The molecule has 2 aromatic carbocycles. The van der Waals surface area contributed by atoms with Crippen LogP contribution in [0.3, 0.4) is 0 Å². The lowest BCUT2D eigenvalue weighted by Crippen LogP contribution is -2.36. The fourth-order valence-electron chi connectivity index (χ4n) is 5.46. The van der Waals surface area contributed by atoms with Crippen LogP contribution in [0.1, 0.15) is 69.1 Å². The van der Waals surface area contributed by atoms with Crippen LogP contribution >= 0.6 is 0 Å². The van der Waals surface area contributed by atoms with E-state index in [2.05, 4.69) is 15.2 Å². The molecule has 1 aliphatic carbocycles. The smallest absolute Gasteiger partial charge is 0.270 e. The SMILES string of the molecule is O=C(NCCN1CCCC1)c1ccc2c(c1)CN(C(=O)c1cc3c(F)cc(C4CC4)cc3[nH]1)CC2.